The Bertz CT molecular complexity index is 1200. The van der Waals surface area contributed by atoms with Crippen LogP contribution in [-0.2, 0) is 16.0 Å². The summed E-state index contributed by atoms with van der Waals surface area (Å²) >= 11 is 0. The van der Waals surface area contributed by atoms with Gasteiger partial charge in [-0.2, -0.15) is 0 Å². The number of carbonyl (C=O) groups is 4. The second kappa shape index (κ2) is 11.9. The van der Waals surface area contributed by atoms with Gasteiger partial charge in [0.15, 0.2) is 0 Å². The van der Waals surface area contributed by atoms with Crippen molar-refractivity contribution in [3.8, 4) is 0 Å². The Morgan fingerprint density at radius 1 is 0.949 bits per heavy atom. The first-order valence-electron chi connectivity index (χ1n) is 14.0. The number of carbonyl (C=O) groups excluding carboxylic acids is 4. The molecule has 3 fully saturated rings. The second-order valence-corrected chi connectivity index (χ2v) is 10.9. The van der Waals surface area contributed by atoms with Crippen LogP contribution in [0.5, 0.6) is 0 Å². The summed E-state index contributed by atoms with van der Waals surface area (Å²) in [5.41, 5.74) is 7.36. The molecule has 0 unspecified atom stereocenters. The molecule has 1 aliphatic carbocycles. The van der Waals surface area contributed by atoms with Crippen LogP contribution in [0.1, 0.15) is 60.9 Å². The average molecular weight is 532 g/mol. The van der Waals surface area contributed by atoms with Gasteiger partial charge in [0.1, 0.15) is 12.2 Å². The van der Waals surface area contributed by atoms with Gasteiger partial charge in [-0.3, -0.25) is 14.4 Å². The second-order valence-electron chi connectivity index (χ2n) is 10.9. The molecule has 0 radical (unpaired) electrons. The van der Waals surface area contributed by atoms with Crippen molar-refractivity contribution in [2.45, 2.75) is 63.6 Å². The number of amides is 5. The normalized spacial score (nSPS) is 22.0. The smallest absolute Gasteiger partial charge is 0.323 e. The summed E-state index contributed by atoms with van der Waals surface area (Å²) in [7, 11) is 0. The number of hydrogen-bond donors (Lipinski definition) is 2. The lowest BCUT2D eigenvalue weighted by Crippen LogP contribution is -2.71. The lowest BCUT2D eigenvalue weighted by molar-refractivity contribution is -0.167. The first kappa shape index (κ1) is 26.7. The number of hydrogen-bond acceptors (Lipinski definition) is 4. The minimum atomic E-state index is -0.555. The monoisotopic (exact) mass is 531 g/mol. The van der Waals surface area contributed by atoms with Crippen LogP contribution in [0.4, 0.5) is 10.5 Å². The van der Waals surface area contributed by atoms with Gasteiger partial charge in [0, 0.05) is 30.8 Å². The number of nitrogens with one attached hydrogen (secondary N) is 1. The van der Waals surface area contributed by atoms with E-state index in [9.17, 15) is 19.2 Å². The van der Waals surface area contributed by atoms with E-state index in [0.29, 0.717) is 36.6 Å². The molecule has 2 heterocycles. The molecule has 9 nitrogen and oxygen atoms in total. The number of primary amides is 1. The summed E-state index contributed by atoms with van der Waals surface area (Å²) in [4.78, 5) is 57.3. The molecule has 206 valence electrons. The van der Waals surface area contributed by atoms with E-state index in [1.54, 1.807) is 34.1 Å². The van der Waals surface area contributed by atoms with Crippen LogP contribution in [0.25, 0.3) is 0 Å². The van der Waals surface area contributed by atoms with Crippen molar-refractivity contribution >= 4 is 29.4 Å². The molecule has 9 heteroatoms. The van der Waals surface area contributed by atoms with Gasteiger partial charge in [-0.1, -0.05) is 62.4 Å². The number of benzene rings is 2. The predicted molar refractivity (Wildman–Crippen MR) is 148 cm³/mol. The van der Waals surface area contributed by atoms with E-state index in [2.05, 4.69) is 5.32 Å². The predicted octanol–water partition coefficient (Wildman–Crippen LogP) is 3.60. The zero-order valence-corrected chi connectivity index (χ0v) is 22.3. The Kier molecular flexibility index (Phi) is 8.14. The standard InChI is InChI=1S/C30H37N5O4/c31-28(37)23-11-13-24(14-12-23)32-30(39)34-18-16-27(36)35-25(19-22-9-5-2-6-10-22)29(38)33(20-26(34)35)17-15-21-7-3-1-4-8-21/h1,3-4,7-8,11-14,22,25-26H,2,5-6,9-10,15-20H2,(H2,31,37)(H,32,39)/t25-,26+/m0/s1. The van der Waals surface area contributed by atoms with Gasteiger partial charge in [-0.05, 0) is 48.6 Å². The fourth-order valence-electron chi connectivity index (χ4n) is 6.21. The van der Waals surface area contributed by atoms with Crippen molar-refractivity contribution in [2.75, 3.05) is 25.0 Å². The first-order valence-corrected chi connectivity index (χ1v) is 14.0. The molecule has 1 saturated carbocycles. The molecule has 3 N–H and O–H groups in total. The molecule has 3 aliphatic rings. The van der Waals surface area contributed by atoms with E-state index in [1.807, 2.05) is 35.2 Å². The van der Waals surface area contributed by atoms with E-state index in [-0.39, 0.29) is 37.4 Å². The van der Waals surface area contributed by atoms with Gasteiger partial charge in [-0.15, -0.1) is 0 Å². The third kappa shape index (κ3) is 6.08. The highest BCUT2D eigenvalue weighted by atomic mass is 16.2. The molecule has 2 saturated heterocycles. The van der Waals surface area contributed by atoms with Gasteiger partial charge in [0.2, 0.25) is 17.7 Å². The Labute approximate surface area is 229 Å². The van der Waals surface area contributed by atoms with Crippen molar-refractivity contribution in [3.63, 3.8) is 0 Å². The molecule has 2 aliphatic heterocycles. The van der Waals surface area contributed by atoms with Crippen LogP contribution in [-0.4, -0.2) is 70.3 Å². The van der Waals surface area contributed by atoms with E-state index < -0.39 is 18.1 Å². The largest absolute Gasteiger partial charge is 0.366 e. The van der Waals surface area contributed by atoms with Crippen molar-refractivity contribution in [1.29, 1.82) is 0 Å². The lowest BCUT2D eigenvalue weighted by atomic mass is 9.83. The maximum Gasteiger partial charge on any atom is 0.323 e. The molecule has 2 aromatic rings. The third-order valence-corrected chi connectivity index (χ3v) is 8.33. The summed E-state index contributed by atoms with van der Waals surface area (Å²) in [5.74, 6) is -0.204. The Balaban J connectivity index is 1.37. The van der Waals surface area contributed by atoms with E-state index in [4.69, 9.17) is 5.73 Å². The summed E-state index contributed by atoms with van der Waals surface area (Å²) in [6.45, 7) is 1.10. The highest BCUT2D eigenvalue weighted by Gasteiger charge is 2.49. The van der Waals surface area contributed by atoms with E-state index >= 15 is 0 Å². The number of nitrogens with two attached hydrogens (primary N) is 1. The maximum atomic E-state index is 13.9. The zero-order valence-electron chi connectivity index (χ0n) is 22.3. The van der Waals surface area contributed by atoms with Gasteiger partial charge < -0.3 is 25.8 Å². The number of urea groups is 1. The maximum absolute atomic E-state index is 13.9. The molecule has 5 rings (SSSR count). The molecule has 5 amide bonds. The van der Waals surface area contributed by atoms with Crippen LogP contribution in [0.15, 0.2) is 54.6 Å². The SMILES string of the molecule is NC(=O)c1ccc(NC(=O)N2CCC(=O)N3[C@@H]2CN(CCc2ccccc2)C(=O)[C@@H]3CC2CCCCC2)cc1. The quantitative estimate of drug-likeness (QED) is 0.568. The highest BCUT2D eigenvalue weighted by molar-refractivity contribution is 5.95. The number of nitrogens with zero attached hydrogens (tertiary/aromatic N) is 3. The molecule has 0 bridgehead atoms. The Morgan fingerprint density at radius 3 is 2.36 bits per heavy atom. The summed E-state index contributed by atoms with van der Waals surface area (Å²) in [5, 5.41) is 2.90. The number of rotatable bonds is 7. The van der Waals surface area contributed by atoms with Crippen LogP contribution >= 0.6 is 0 Å². The first-order chi connectivity index (χ1) is 18.9. The van der Waals surface area contributed by atoms with E-state index in [0.717, 1.165) is 31.2 Å². The Hall–Kier alpha value is -3.88. The van der Waals surface area contributed by atoms with Crippen molar-refractivity contribution in [3.05, 3.63) is 65.7 Å². The number of fused-ring (bicyclic) bond motifs is 1. The average Bonchev–Trinajstić information content (AvgIpc) is 2.95. The van der Waals surface area contributed by atoms with Crippen LogP contribution in [0, 0.1) is 5.92 Å². The fourth-order valence-corrected chi connectivity index (χ4v) is 6.21. The minimum absolute atomic E-state index is 0.00889. The van der Waals surface area contributed by atoms with Gasteiger partial charge in [0.25, 0.3) is 0 Å². The lowest BCUT2D eigenvalue weighted by Gasteiger charge is -2.52. The summed E-state index contributed by atoms with van der Waals surface area (Å²) in [6.07, 6.45) is 6.69. The molecule has 39 heavy (non-hydrogen) atoms. The Morgan fingerprint density at radius 2 is 1.67 bits per heavy atom. The van der Waals surface area contributed by atoms with E-state index in [1.165, 1.54) is 6.42 Å². The molecular formula is C30H37N5O4. The van der Waals surface area contributed by atoms with Crippen LogP contribution in [0.3, 0.4) is 0 Å². The highest BCUT2D eigenvalue weighted by Crippen LogP contribution is 2.34. The topological polar surface area (TPSA) is 116 Å². The molecule has 2 aromatic carbocycles. The number of anilines is 1. The molecule has 0 spiro atoms. The van der Waals surface area contributed by atoms with Crippen LogP contribution < -0.4 is 11.1 Å². The molecule has 0 aromatic heterocycles. The number of piperazine rings is 1. The van der Waals surface area contributed by atoms with Crippen molar-refractivity contribution < 1.29 is 19.2 Å². The van der Waals surface area contributed by atoms with Gasteiger partial charge >= 0.3 is 6.03 Å². The van der Waals surface area contributed by atoms with Crippen molar-refractivity contribution in [2.24, 2.45) is 11.7 Å². The fraction of sp³-hybridized carbons (Fsp3) is 0.467. The summed E-state index contributed by atoms with van der Waals surface area (Å²) in [6, 6.07) is 15.6. The molecule has 2 atom stereocenters. The van der Waals surface area contributed by atoms with Gasteiger partial charge in [-0.25, -0.2) is 4.79 Å². The minimum Gasteiger partial charge on any atom is -0.366 e. The molecular weight excluding hydrogens is 494 g/mol. The van der Waals surface area contributed by atoms with Crippen LogP contribution in [0.2, 0.25) is 0 Å². The van der Waals surface area contributed by atoms with Gasteiger partial charge in [0.05, 0.1) is 6.54 Å². The van der Waals surface area contributed by atoms with Crippen molar-refractivity contribution in [1.82, 2.24) is 14.7 Å². The zero-order chi connectivity index (χ0) is 27.4. The third-order valence-electron chi connectivity index (χ3n) is 8.33. The summed E-state index contributed by atoms with van der Waals surface area (Å²) < 4.78 is 0.